The molecule has 170 valence electrons. The number of carbonyl (C=O) groups excluding carboxylic acids is 1. The van der Waals surface area contributed by atoms with Crippen LogP contribution in [-0.2, 0) is 17.8 Å². The van der Waals surface area contributed by atoms with E-state index < -0.39 is 0 Å². The lowest BCUT2D eigenvalue weighted by atomic mass is 9.93. The highest BCUT2D eigenvalue weighted by Gasteiger charge is 2.35. The first kappa shape index (κ1) is 21.3. The van der Waals surface area contributed by atoms with Gasteiger partial charge >= 0.3 is 0 Å². The number of ether oxygens (including phenoxy) is 2. The Bertz CT molecular complexity index is 1150. The van der Waals surface area contributed by atoms with E-state index in [1.165, 1.54) is 5.56 Å². The zero-order chi connectivity index (χ0) is 22.8. The van der Waals surface area contributed by atoms with E-state index in [2.05, 4.69) is 34.5 Å². The molecule has 0 aromatic heterocycles. The molecule has 3 aromatic rings. The average molecular weight is 445 g/mol. The number of likely N-dealkylation sites (tertiary alicyclic amines) is 1. The fourth-order valence-electron chi connectivity index (χ4n) is 4.79. The van der Waals surface area contributed by atoms with Crippen molar-refractivity contribution in [3.05, 3.63) is 83.4 Å². The van der Waals surface area contributed by atoms with E-state index in [1.807, 2.05) is 30.3 Å². The molecule has 0 radical (unpaired) electrons. The first-order valence-corrected chi connectivity index (χ1v) is 11.3. The summed E-state index contributed by atoms with van der Waals surface area (Å²) in [5, 5.41) is 13.6. The summed E-state index contributed by atoms with van der Waals surface area (Å²) in [4.78, 5) is 15.2. The fraction of sp³-hybridized carbons (Fsp3) is 0.296. The van der Waals surface area contributed by atoms with Crippen LogP contribution < -0.4 is 14.8 Å². The van der Waals surface area contributed by atoms with E-state index >= 15 is 0 Å². The molecular formula is C27H28N2O4. The second kappa shape index (κ2) is 9.16. The summed E-state index contributed by atoms with van der Waals surface area (Å²) < 4.78 is 11.7. The highest BCUT2D eigenvalue weighted by Crippen LogP contribution is 2.40. The van der Waals surface area contributed by atoms with Crippen molar-refractivity contribution in [2.75, 3.05) is 20.2 Å². The van der Waals surface area contributed by atoms with Crippen LogP contribution in [0.25, 0.3) is 0 Å². The summed E-state index contributed by atoms with van der Waals surface area (Å²) in [6.45, 7) is 2.44. The van der Waals surface area contributed by atoms with Crippen LogP contribution in [0.2, 0.25) is 0 Å². The van der Waals surface area contributed by atoms with E-state index in [0.717, 1.165) is 30.8 Å². The van der Waals surface area contributed by atoms with Crippen molar-refractivity contribution < 1.29 is 19.4 Å². The number of phenolic OH excluding ortho intramolecular Hbond substituents is 1. The number of nitrogens with zero attached hydrogens (tertiary/aromatic N) is 1. The number of methoxy groups -OCH3 is 1. The number of rotatable bonds is 3. The monoisotopic (exact) mass is 444 g/mol. The highest BCUT2D eigenvalue weighted by atomic mass is 16.5. The Hall–Kier alpha value is -3.51. The Morgan fingerprint density at radius 1 is 1.03 bits per heavy atom. The predicted octanol–water partition coefficient (Wildman–Crippen LogP) is 4.22. The van der Waals surface area contributed by atoms with Gasteiger partial charge in [0.05, 0.1) is 7.11 Å². The van der Waals surface area contributed by atoms with Gasteiger partial charge in [0, 0.05) is 38.0 Å². The molecule has 5 rings (SSSR count). The summed E-state index contributed by atoms with van der Waals surface area (Å²) in [6.07, 6.45) is 0.954. The van der Waals surface area contributed by atoms with Crippen LogP contribution in [0.5, 0.6) is 23.0 Å². The van der Waals surface area contributed by atoms with Crippen LogP contribution in [-0.4, -0.2) is 42.2 Å². The summed E-state index contributed by atoms with van der Waals surface area (Å²) in [5.41, 5.74) is 3.26. The number of benzene rings is 3. The van der Waals surface area contributed by atoms with Gasteiger partial charge in [0.2, 0.25) is 5.91 Å². The molecule has 1 saturated heterocycles. The summed E-state index contributed by atoms with van der Waals surface area (Å²) >= 11 is 0. The van der Waals surface area contributed by atoms with Gasteiger partial charge < -0.3 is 19.9 Å². The summed E-state index contributed by atoms with van der Waals surface area (Å²) in [5.74, 6) is 1.71. The third-order valence-corrected chi connectivity index (χ3v) is 6.49. The lowest BCUT2D eigenvalue weighted by Gasteiger charge is -2.21. The van der Waals surface area contributed by atoms with Gasteiger partial charge in [-0.3, -0.25) is 9.69 Å². The Balaban J connectivity index is 1.50. The van der Waals surface area contributed by atoms with E-state index in [4.69, 9.17) is 9.47 Å². The molecule has 2 aliphatic heterocycles. The fourth-order valence-corrected chi connectivity index (χ4v) is 4.79. The van der Waals surface area contributed by atoms with Gasteiger partial charge in [-0.25, -0.2) is 0 Å². The highest BCUT2D eigenvalue weighted by molar-refractivity contribution is 5.77. The number of aromatic hydroxyl groups is 1. The minimum atomic E-state index is -0.000254. The third-order valence-electron chi connectivity index (χ3n) is 6.49. The van der Waals surface area contributed by atoms with Gasteiger partial charge in [-0.1, -0.05) is 42.5 Å². The van der Waals surface area contributed by atoms with Crippen LogP contribution in [0.15, 0.2) is 66.7 Å². The maximum absolute atomic E-state index is 12.8. The molecule has 2 heterocycles. The number of amides is 1. The molecule has 1 fully saturated rings. The molecule has 4 bridgehead atoms. The molecule has 2 N–H and O–H groups in total. The molecule has 1 amide bonds. The van der Waals surface area contributed by atoms with Gasteiger partial charge in [0.15, 0.2) is 23.0 Å². The van der Waals surface area contributed by atoms with Crippen molar-refractivity contribution >= 4 is 5.91 Å². The number of carbonyl (C=O) groups is 1. The van der Waals surface area contributed by atoms with Gasteiger partial charge in [0.1, 0.15) is 0 Å². The molecule has 0 aliphatic carbocycles. The van der Waals surface area contributed by atoms with Crippen molar-refractivity contribution in [3.63, 3.8) is 0 Å². The maximum Gasteiger partial charge on any atom is 0.220 e. The van der Waals surface area contributed by atoms with Gasteiger partial charge in [-0.15, -0.1) is 0 Å². The first-order valence-electron chi connectivity index (χ1n) is 11.3. The van der Waals surface area contributed by atoms with Crippen molar-refractivity contribution in [3.8, 4) is 23.0 Å². The molecule has 6 nitrogen and oxygen atoms in total. The van der Waals surface area contributed by atoms with Crippen LogP contribution in [0.1, 0.15) is 29.0 Å². The second-order valence-electron chi connectivity index (χ2n) is 8.77. The van der Waals surface area contributed by atoms with Gasteiger partial charge in [0.25, 0.3) is 0 Å². The van der Waals surface area contributed by atoms with Crippen molar-refractivity contribution in [1.82, 2.24) is 10.2 Å². The standard InChI is InChI=1S/C27H28N2O4/c1-32-24-11-9-20-14-26(24)33-25-13-18(7-10-23(25)30)8-12-27(31)28-22-17-29(16-21(20)22)15-19-5-3-2-4-6-19/h2-7,9-11,13-14,21-22,30H,8,12,15-17H2,1H3,(H,28,31)/t21-,22+/m0/s1. The predicted molar refractivity (Wildman–Crippen MR) is 126 cm³/mol. The van der Waals surface area contributed by atoms with Crippen LogP contribution >= 0.6 is 0 Å². The molecule has 33 heavy (non-hydrogen) atoms. The molecule has 6 heteroatoms. The Morgan fingerprint density at radius 2 is 1.88 bits per heavy atom. The molecule has 0 unspecified atom stereocenters. The Morgan fingerprint density at radius 3 is 2.70 bits per heavy atom. The van der Waals surface area contributed by atoms with Crippen molar-refractivity contribution in [2.45, 2.75) is 31.3 Å². The SMILES string of the molecule is COc1ccc2cc1Oc1cc(ccc1O)CCC(=O)N[C@@H]1CN(Cc3ccccc3)C[C@@H]21. The number of phenols is 1. The average Bonchev–Trinajstić information content (AvgIpc) is 3.21. The molecule has 3 aromatic carbocycles. The summed E-state index contributed by atoms with van der Waals surface area (Å²) in [6, 6.07) is 21.5. The van der Waals surface area contributed by atoms with E-state index in [0.29, 0.717) is 30.1 Å². The normalized spacial score (nSPS) is 20.5. The minimum Gasteiger partial charge on any atom is -0.504 e. The zero-order valence-electron chi connectivity index (χ0n) is 18.7. The second-order valence-corrected chi connectivity index (χ2v) is 8.77. The van der Waals surface area contributed by atoms with Crippen LogP contribution in [0, 0.1) is 0 Å². The van der Waals surface area contributed by atoms with Crippen LogP contribution in [0.4, 0.5) is 0 Å². The number of nitrogens with one attached hydrogen (secondary N) is 1. The van der Waals surface area contributed by atoms with E-state index in [1.54, 1.807) is 19.2 Å². The molecule has 2 atom stereocenters. The Labute approximate surface area is 193 Å². The quantitative estimate of drug-likeness (QED) is 0.633. The number of hydrogen-bond acceptors (Lipinski definition) is 5. The largest absolute Gasteiger partial charge is 0.504 e. The van der Waals surface area contributed by atoms with E-state index in [9.17, 15) is 9.90 Å². The molecular weight excluding hydrogens is 416 g/mol. The third kappa shape index (κ3) is 4.66. The number of fused-ring (bicyclic) bond motifs is 6. The minimum absolute atomic E-state index is 0.000254. The lowest BCUT2D eigenvalue weighted by Crippen LogP contribution is -2.39. The van der Waals surface area contributed by atoms with Crippen LogP contribution in [0.3, 0.4) is 0 Å². The van der Waals surface area contributed by atoms with Gasteiger partial charge in [-0.05, 0) is 47.4 Å². The number of aryl methyl sites for hydroxylation is 1. The smallest absolute Gasteiger partial charge is 0.220 e. The Kier molecular flexibility index (Phi) is 5.92. The number of hydrogen-bond donors (Lipinski definition) is 2. The lowest BCUT2D eigenvalue weighted by molar-refractivity contribution is -0.121. The zero-order valence-corrected chi connectivity index (χ0v) is 18.7. The molecule has 0 spiro atoms. The van der Waals surface area contributed by atoms with Crippen molar-refractivity contribution in [1.29, 1.82) is 0 Å². The maximum atomic E-state index is 12.8. The first-order chi connectivity index (χ1) is 16.1. The molecule has 0 saturated carbocycles. The van der Waals surface area contributed by atoms with Gasteiger partial charge in [-0.2, -0.15) is 0 Å². The molecule has 2 aliphatic rings. The topological polar surface area (TPSA) is 71.0 Å². The summed E-state index contributed by atoms with van der Waals surface area (Å²) in [7, 11) is 1.60. The van der Waals surface area contributed by atoms with E-state index in [-0.39, 0.29) is 23.6 Å². The van der Waals surface area contributed by atoms with Crippen molar-refractivity contribution in [2.24, 2.45) is 0 Å².